The van der Waals surface area contributed by atoms with Crippen molar-refractivity contribution in [3.8, 4) is 0 Å². The molecule has 0 saturated heterocycles. The van der Waals surface area contributed by atoms with Crippen LogP contribution in [-0.4, -0.2) is 11.8 Å². The van der Waals surface area contributed by atoms with E-state index in [1.165, 1.54) is 22.6 Å². The Morgan fingerprint density at radius 2 is 1.82 bits per heavy atom. The minimum Gasteiger partial charge on any atom is -0.310 e. The summed E-state index contributed by atoms with van der Waals surface area (Å²) in [6, 6.07) is 9.28. The maximum atomic E-state index is 3.49. The van der Waals surface area contributed by atoms with Gasteiger partial charge in [-0.25, -0.2) is 0 Å². The summed E-state index contributed by atoms with van der Waals surface area (Å²) >= 11 is 1.99. The fraction of sp³-hybridized carbons (Fsp3) is 0.600. The number of rotatable bonds is 7. The molecule has 0 unspecified atom stereocenters. The first-order chi connectivity index (χ1) is 8.09. The Bertz CT molecular complexity index is 320. The molecule has 17 heavy (non-hydrogen) atoms. The quantitative estimate of drug-likeness (QED) is 0.724. The van der Waals surface area contributed by atoms with Gasteiger partial charge in [-0.2, -0.15) is 0 Å². The number of nitrogens with one attached hydrogen (secondary N) is 1. The monoisotopic (exact) mass is 251 g/mol. The van der Waals surface area contributed by atoms with Gasteiger partial charge in [0.1, 0.15) is 0 Å². The van der Waals surface area contributed by atoms with Gasteiger partial charge in [-0.05, 0) is 29.7 Å². The third-order valence-corrected chi connectivity index (χ3v) is 3.78. The Morgan fingerprint density at radius 1 is 1.12 bits per heavy atom. The lowest BCUT2D eigenvalue weighted by Gasteiger charge is -2.12. The summed E-state index contributed by atoms with van der Waals surface area (Å²) in [5.74, 6) is 2.01. The van der Waals surface area contributed by atoms with E-state index in [-0.39, 0.29) is 0 Å². The van der Waals surface area contributed by atoms with Gasteiger partial charge in [-0.1, -0.05) is 45.9 Å². The zero-order valence-electron chi connectivity index (χ0n) is 11.5. The minimum atomic E-state index is 0.545. The molecule has 0 aliphatic heterocycles. The molecule has 0 fully saturated rings. The highest BCUT2D eigenvalue weighted by Crippen LogP contribution is 2.24. The van der Waals surface area contributed by atoms with E-state index >= 15 is 0 Å². The average Bonchev–Trinajstić information content (AvgIpc) is 2.27. The van der Waals surface area contributed by atoms with E-state index in [2.05, 4.69) is 57.3 Å². The van der Waals surface area contributed by atoms with Gasteiger partial charge in [0.2, 0.25) is 0 Å². The van der Waals surface area contributed by atoms with Gasteiger partial charge in [-0.3, -0.25) is 0 Å². The molecule has 2 heteroatoms. The Balaban J connectivity index is 2.51. The maximum absolute atomic E-state index is 3.49. The molecule has 0 heterocycles. The van der Waals surface area contributed by atoms with Crippen molar-refractivity contribution < 1.29 is 0 Å². The van der Waals surface area contributed by atoms with Gasteiger partial charge in [0.05, 0.1) is 0 Å². The summed E-state index contributed by atoms with van der Waals surface area (Å²) in [7, 11) is 0. The minimum absolute atomic E-state index is 0.545. The van der Waals surface area contributed by atoms with Crippen LogP contribution >= 0.6 is 11.8 Å². The second-order valence-electron chi connectivity index (χ2n) is 5.17. The van der Waals surface area contributed by atoms with Crippen molar-refractivity contribution in [2.75, 3.05) is 5.75 Å². The van der Waals surface area contributed by atoms with Crippen LogP contribution in [0.25, 0.3) is 0 Å². The molecule has 0 aliphatic rings. The lowest BCUT2D eigenvalue weighted by atomic mass is 10.2. The SMILES string of the molecule is CC(C)CCSc1ccccc1CNC(C)C. The molecular weight excluding hydrogens is 226 g/mol. The molecule has 0 saturated carbocycles. The van der Waals surface area contributed by atoms with Crippen LogP contribution in [0.4, 0.5) is 0 Å². The van der Waals surface area contributed by atoms with E-state index in [0.717, 1.165) is 12.5 Å². The van der Waals surface area contributed by atoms with E-state index in [1.807, 2.05) is 11.8 Å². The second kappa shape index (κ2) is 7.78. The van der Waals surface area contributed by atoms with Crippen LogP contribution in [0, 0.1) is 5.92 Å². The fourth-order valence-electron chi connectivity index (χ4n) is 1.51. The molecule has 0 aliphatic carbocycles. The van der Waals surface area contributed by atoms with Crippen LogP contribution in [0.2, 0.25) is 0 Å². The average molecular weight is 251 g/mol. The molecule has 96 valence electrons. The molecule has 1 rings (SSSR count). The Morgan fingerprint density at radius 3 is 2.47 bits per heavy atom. The van der Waals surface area contributed by atoms with Crippen molar-refractivity contribution in [2.45, 2.75) is 51.6 Å². The summed E-state index contributed by atoms with van der Waals surface area (Å²) in [5.41, 5.74) is 1.43. The zero-order chi connectivity index (χ0) is 12.7. The summed E-state index contributed by atoms with van der Waals surface area (Å²) in [4.78, 5) is 1.43. The molecule has 1 aromatic carbocycles. The summed E-state index contributed by atoms with van der Waals surface area (Å²) in [6.07, 6.45) is 1.29. The Hall–Kier alpha value is -0.470. The second-order valence-corrected chi connectivity index (χ2v) is 6.31. The highest BCUT2D eigenvalue weighted by molar-refractivity contribution is 7.99. The van der Waals surface area contributed by atoms with Gasteiger partial charge in [-0.15, -0.1) is 11.8 Å². The molecular formula is C15H25NS. The number of benzene rings is 1. The molecule has 0 atom stereocenters. The third-order valence-electron chi connectivity index (χ3n) is 2.63. The van der Waals surface area contributed by atoms with Crippen LogP contribution in [0.1, 0.15) is 39.7 Å². The Labute approximate surface area is 110 Å². The van der Waals surface area contributed by atoms with Crippen molar-refractivity contribution in [3.63, 3.8) is 0 Å². The molecule has 0 spiro atoms. The van der Waals surface area contributed by atoms with Crippen LogP contribution in [0.15, 0.2) is 29.2 Å². The van der Waals surface area contributed by atoms with E-state index in [1.54, 1.807) is 0 Å². The van der Waals surface area contributed by atoms with Crippen molar-refractivity contribution in [1.82, 2.24) is 5.32 Å². The van der Waals surface area contributed by atoms with Gasteiger partial charge in [0.15, 0.2) is 0 Å². The predicted molar refractivity (Wildman–Crippen MR) is 78.6 cm³/mol. The zero-order valence-corrected chi connectivity index (χ0v) is 12.3. The van der Waals surface area contributed by atoms with E-state index in [4.69, 9.17) is 0 Å². The molecule has 1 aromatic rings. The van der Waals surface area contributed by atoms with Crippen molar-refractivity contribution >= 4 is 11.8 Å². The predicted octanol–water partition coefficient (Wildman–Crippen LogP) is 4.32. The summed E-state index contributed by atoms with van der Waals surface area (Å²) in [5, 5.41) is 3.49. The van der Waals surface area contributed by atoms with E-state index < -0.39 is 0 Å². The first-order valence-electron chi connectivity index (χ1n) is 6.53. The van der Waals surface area contributed by atoms with Gasteiger partial charge < -0.3 is 5.32 Å². The smallest absolute Gasteiger partial charge is 0.0218 e. The Kier molecular flexibility index (Phi) is 6.68. The fourth-order valence-corrected chi connectivity index (χ4v) is 2.82. The lowest BCUT2D eigenvalue weighted by molar-refractivity contribution is 0.584. The van der Waals surface area contributed by atoms with Crippen LogP contribution < -0.4 is 5.32 Å². The van der Waals surface area contributed by atoms with Gasteiger partial charge in [0.25, 0.3) is 0 Å². The summed E-state index contributed by atoms with van der Waals surface area (Å²) < 4.78 is 0. The summed E-state index contributed by atoms with van der Waals surface area (Å²) in [6.45, 7) is 9.92. The van der Waals surface area contributed by atoms with Crippen LogP contribution in [0.5, 0.6) is 0 Å². The lowest BCUT2D eigenvalue weighted by Crippen LogP contribution is -2.22. The normalized spacial score (nSPS) is 11.4. The topological polar surface area (TPSA) is 12.0 Å². The van der Waals surface area contributed by atoms with Crippen molar-refractivity contribution in [2.24, 2.45) is 5.92 Å². The van der Waals surface area contributed by atoms with Crippen molar-refractivity contribution in [1.29, 1.82) is 0 Å². The van der Waals surface area contributed by atoms with Gasteiger partial charge >= 0.3 is 0 Å². The number of hydrogen-bond acceptors (Lipinski definition) is 2. The van der Waals surface area contributed by atoms with Gasteiger partial charge in [0, 0.05) is 17.5 Å². The number of hydrogen-bond donors (Lipinski definition) is 1. The molecule has 0 radical (unpaired) electrons. The molecule has 1 nitrogen and oxygen atoms in total. The largest absolute Gasteiger partial charge is 0.310 e. The molecule has 0 amide bonds. The van der Waals surface area contributed by atoms with E-state index in [9.17, 15) is 0 Å². The number of thioether (sulfide) groups is 1. The van der Waals surface area contributed by atoms with E-state index in [0.29, 0.717) is 6.04 Å². The highest BCUT2D eigenvalue weighted by Gasteiger charge is 2.03. The maximum Gasteiger partial charge on any atom is 0.0218 e. The standard InChI is InChI=1S/C15H25NS/c1-12(2)9-10-17-15-8-6-5-7-14(15)11-16-13(3)4/h5-8,12-13,16H,9-11H2,1-4H3. The highest BCUT2D eigenvalue weighted by atomic mass is 32.2. The first kappa shape index (κ1) is 14.6. The van der Waals surface area contributed by atoms with Crippen LogP contribution in [-0.2, 0) is 6.54 Å². The first-order valence-corrected chi connectivity index (χ1v) is 7.52. The third kappa shape index (κ3) is 6.13. The van der Waals surface area contributed by atoms with Crippen molar-refractivity contribution in [3.05, 3.63) is 29.8 Å². The van der Waals surface area contributed by atoms with Crippen LogP contribution in [0.3, 0.4) is 0 Å². The molecule has 0 bridgehead atoms. The molecule has 1 N–H and O–H groups in total. The molecule has 0 aromatic heterocycles.